The highest BCUT2D eigenvalue weighted by atomic mass is 35.5. The van der Waals surface area contributed by atoms with Crippen molar-refractivity contribution in [3.8, 4) is 0 Å². The second-order valence-corrected chi connectivity index (χ2v) is 4.54. The maximum absolute atomic E-state index is 10.6. The molecule has 1 unspecified atom stereocenters. The van der Waals surface area contributed by atoms with Gasteiger partial charge < -0.3 is 9.36 Å². The molecule has 0 bridgehead atoms. The third-order valence-corrected chi connectivity index (χ3v) is 3.27. The minimum absolute atomic E-state index is 0.209. The van der Waals surface area contributed by atoms with Gasteiger partial charge in [-0.1, -0.05) is 30.7 Å². The summed E-state index contributed by atoms with van der Waals surface area (Å²) in [4.78, 5) is 10.6. The Labute approximate surface area is 99.8 Å². The van der Waals surface area contributed by atoms with Crippen LogP contribution >= 0.6 is 11.6 Å². The van der Waals surface area contributed by atoms with E-state index in [9.17, 15) is 4.79 Å². The zero-order valence-corrected chi connectivity index (χ0v) is 10.2. The molecule has 0 amide bonds. The monoisotopic (exact) mass is 235 g/mol. The number of hydrogen-bond donors (Lipinski definition) is 0. The van der Waals surface area contributed by atoms with Crippen LogP contribution in [0.1, 0.15) is 24.8 Å². The number of carbonyl (C=O) groups is 1. The number of hydrogen-bond acceptors (Lipinski definition) is 1. The summed E-state index contributed by atoms with van der Waals surface area (Å²) in [6.45, 7) is 2.05. The third kappa shape index (κ3) is 1.74. The molecule has 1 heterocycles. The van der Waals surface area contributed by atoms with Gasteiger partial charge >= 0.3 is 0 Å². The summed E-state index contributed by atoms with van der Waals surface area (Å²) >= 11 is 6.22. The van der Waals surface area contributed by atoms with E-state index in [1.54, 1.807) is 0 Å². The molecule has 2 nitrogen and oxygen atoms in total. The van der Waals surface area contributed by atoms with E-state index in [-0.39, 0.29) is 5.92 Å². The van der Waals surface area contributed by atoms with Gasteiger partial charge in [-0.3, -0.25) is 0 Å². The first-order valence-corrected chi connectivity index (χ1v) is 5.70. The van der Waals surface area contributed by atoms with Crippen LogP contribution in [0.25, 0.3) is 10.9 Å². The van der Waals surface area contributed by atoms with Crippen LogP contribution in [0.4, 0.5) is 0 Å². The van der Waals surface area contributed by atoms with Gasteiger partial charge in [0.1, 0.15) is 6.29 Å². The SMILES string of the molecule is CC(CC=O)c1cccc2c1c(Cl)cn2C. The van der Waals surface area contributed by atoms with Gasteiger partial charge in [0.25, 0.3) is 0 Å². The molecule has 16 heavy (non-hydrogen) atoms. The molecule has 3 heteroatoms. The molecule has 84 valence electrons. The first kappa shape index (κ1) is 11.2. The molecular weight excluding hydrogens is 222 g/mol. The Balaban J connectivity index is 2.65. The molecule has 1 aromatic carbocycles. The summed E-state index contributed by atoms with van der Waals surface area (Å²) in [7, 11) is 1.97. The molecule has 0 fully saturated rings. The number of aromatic nitrogens is 1. The fraction of sp³-hybridized carbons (Fsp3) is 0.308. The van der Waals surface area contributed by atoms with Crippen molar-refractivity contribution in [2.75, 3.05) is 0 Å². The fourth-order valence-corrected chi connectivity index (χ4v) is 2.45. The van der Waals surface area contributed by atoms with Crippen LogP contribution in [0.3, 0.4) is 0 Å². The van der Waals surface area contributed by atoms with Gasteiger partial charge in [-0.05, 0) is 17.5 Å². The van der Waals surface area contributed by atoms with Crippen LogP contribution in [-0.4, -0.2) is 10.9 Å². The van der Waals surface area contributed by atoms with Crippen LogP contribution in [0, 0.1) is 0 Å². The van der Waals surface area contributed by atoms with Crippen molar-refractivity contribution in [1.29, 1.82) is 0 Å². The molecule has 2 rings (SSSR count). The minimum atomic E-state index is 0.209. The van der Waals surface area contributed by atoms with Gasteiger partial charge in [0.2, 0.25) is 0 Å². The summed E-state index contributed by atoms with van der Waals surface area (Å²) in [6, 6.07) is 6.09. The molecule has 1 aromatic heterocycles. The van der Waals surface area contributed by atoms with Crippen molar-refractivity contribution >= 4 is 28.8 Å². The average molecular weight is 236 g/mol. The zero-order chi connectivity index (χ0) is 11.7. The largest absolute Gasteiger partial charge is 0.349 e. The summed E-state index contributed by atoms with van der Waals surface area (Å²) in [5.74, 6) is 0.209. The second kappa shape index (κ2) is 4.30. The van der Waals surface area contributed by atoms with Crippen LogP contribution in [-0.2, 0) is 11.8 Å². The van der Waals surface area contributed by atoms with Crippen LogP contribution < -0.4 is 0 Å². The van der Waals surface area contributed by atoms with Crippen molar-refractivity contribution in [3.05, 3.63) is 35.0 Å². The van der Waals surface area contributed by atoms with Crippen molar-refractivity contribution in [2.24, 2.45) is 7.05 Å². The summed E-state index contributed by atoms with van der Waals surface area (Å²) in [6.07, 6.45) is 3.40. The number of rotatable bonds is 3. The van der Waals surface area contributed by atoms with Crippen LogP contribution in [0.2, 0.25) is 5.02 Å². The highest BCUT2D eigenvalue weighted by Gasteiger charge is 2.13. The van der Waals surface area contributed by atoms with E-state index in [4.69, 9.17) is 11.6 Å². The smallest absolute Gasteiger partial charge is 0.120 e. The fourth-order valence-electron chi connectivity index (χ4n) is 2.10. The molecule has 0 spiro atoms. The highest BCUT2D eigenvalue weighted by molar-refractivity contribution is 6.36. The summed E-state index contributed by atoms with van der Waals surface area (Å²) < 4.78 is 2.01. The molecule has 0 aliphatic carbocycles. The first-order chi connectivity index (χ1) is 7.65. The van der Waals surface area contributed by atoms with Gasteiger partial charge in [-0.25, -0.2) is 0 Å². The lowest BCUT2D eigenvalue weighted by atomic mass is 9.95. The number of nitrogens with zero attached hydrogens (tertiary/aromatic N) is 1. The van der Waals surface area contributed by atoms with Crippen molar-refractivity contribution in [2.45, 2.75) is 19.3 Å². The van der Waals surface area contributed by atoms with E-state index < -0.39 is 0 Å². The maximum Gasteiger partial charge on any atom is 0.120 e. The zero-order valence-electron chi connectivity index (χ0n) is 9.40. The topological polar surface area (TPSA) is 22.0 Å². The Bertz CT molecular complexity index is 530. The quantitative estimate of drug-likeness (QED) is 0.746. The number of carbonyl (C=O) groups excluding carboxylic acids is 1. The Kier molecular flexibility index (Phi) is 3.01. The number of halogens is 1. The number of benzene rings is 1. The Morgan fingerprint density at radius 2 is 2.25 bits per heavy atom. The third-order valence-electron chi connectivity index (χ3n) is 2.98. The number of aryl methyl sites for hydroxylation is 1. The second-order valence-electron chi connectivity index (χ2n) is 4.13. The molecule has 0 saturated carbocycles. The van der Waals surface area contributed by atoms with Crippen molar-refractivity contribution in [1.82, 2.24) is 4.57 Å². The summed E-state index contributed by atoms with van der Waals surface area (Å²) in [5.41, 5.74) is 2.26. The molecular formula is C13H14ClNO. The lowest BCUT2D eigenvalue weighted by molar-refractivity contribution is -0.108. The molecule has 1 atom stereocenters. The molecule has 0 saturated heterocycles. The van der Waals surface area contributed by atoms with Gasteiger partial charge in [0.05, 0.1) is 5.02 Å². The van der Waals surface area contributed by atoms with E-state index in [2.05, 4.69) is 0 Å². The van der Waals surface area contributed by atoms with Crippen molar-refractivity contribution in [3.63, 3.8) is 0 Å². The average Bonchev–Trinajstić information content (AvgIpc) is 2.55. The Morgan fingerprint density at radius 3 is 2.94 bits per heavy atom. The standard InChI is InChI=1S/C13H14ClNO/c1-9(6-7-16)10-4-3-5-12-13(10)11(14)8-15(12)2/h3-5,7-9H,6H2,1-2H3. The normalized spacial score (nSPS) is 12.9. The lowest BCUT2D eigenvalue weighted by Crippen LogP contribution is -1.95. The molecule has 0 radical (unpaired) electrons. The number of aldehydes is 1. The summed E-state index contributed by atoms with van der Waals surface area (Å²) in [5, 5.41) is 1.83. The van der Waals surface area contributed by atoms with E-state index >= 15 is 0 Å². The van der Waals surface area contributed by atoms with E-state index in [0.29, 0.717) is 6.42 Å². The van der Waals surface area contributed by atoms with Crippen LogP contribution in [0.15, 0.2) is 24.4 Å². The van der Waals surface area contributed by atoms with Crippen molar-refractivity contribution < 1.29 is 4.79 Å². The molecule has 2 aromatic rings. The van der Waals surface area contributed by atoms with Gasteiger partial charge in [0, 0.05) is 30.6 Å². The Hall–Kier alpha value is -1.28. The van der Waals surface area contributed by atoms with Crippen LogP contribution in [0.5, 0.6) is 0 Å². The van der Waals surface area contributed by atoms with Gasteiger partial charge in [0.15, 0.2) is 0 Å². The lowest BCUT2D eigenvalue weighted by Gasteiger charge is -2.10. The molecule has 0 N–H and O–H groups in total. The van der Waals surface area contributed by atoms with Gasteiger partial charge in [-0.2, -0.15) is 0 Å². The molecule has 0 aliphatic heterocycles. The Morgan fingerprint density at radius 1 is 1.50 bits per heavy atom. The number of fused-ring (bicyclic) bond motifs is 1. The predicted octanol–water partition coefficient (Wildman–Crippen LogP) is 3.52. The van der Waals surface area contributed by atoms with E-state index in [1.165, 1.54) is 0 Å². The maximum atomic E-state index is 10.6. The van der Waals surface area contributed by atoms with E-state index in [0.717, 1.165) is 27.8 Å². The molecule has 0 aliphatic rings. The van der Waals surface area contributed by atoms with Gasteiger partial charge in [-0.15, -0.1) is 0 Å². The predicted molar refractivity (Wildman–Crippen MR) is 67.0 cm³/mol. The minimum Gasteiger partial charge on any atom is -0.349 e. The highest BCUT2D eigenvalue weighted by Crippen LogP contribution is 2.33. The van der Waals surface area contributed by atoms with E-state index in [1.807, 2.05) is 42.9 Å². The first-order valence-electron chi connectivity index (χ1n) is 5.32.